The summed E-state index contributed by atoms with van der Waals surface area (Å²) in [7, 11) is 2.21. The van der Waals surface area contributed by atoms with Crippen LogP contribution >= 0.6 is 11.8 Å². The zero-order valence-corrected chi connectivity index (χ0v) is 14.5. The largest absolute Gasteiger partial charge is 0.312 e. The van der Waals surface area contributed by atoms with Crippen LogP contribution in [0.4, 0.5) is 0 Å². The molecule has 0 saturated carbocycles. The Labute approximate surface area is 129 Å². The maximum atomic E-state index is 3.51. The first-order valence-electron chi connectivity index (χ1n) is 7.50. The van der Waals surface area contributed by atoms with Gasteiger partial charge in [-0.05, 0) is 43.8 Å². The van der Waals surface area contributed by atoms with Gasteiger partial charge in [-0.2, -0.15) is 11.8 Å². The molecule has 0 aromatic heterocycles. The molecule has 1 unspecified atom stereocenters. The lowest BCUT2D eigenvalue weighted by Crippen LogP contribution is -2.30. The number of thioether (sulfide) groups is 1. The summed E-state index contributed by atoms with van der Waals surface area (Å²) in [5, 5.41) is 3.51. The summed E-state index contributed by atoms with van der Waals surface area (Å²) in [6, 6.07) is 9.56. The second-order valence-electron chi connectivity index (χ2n) is 6.06. The lowest BCUT2D eigenvalue weighted by molar-refractivity contribution is 0.269. The van der Waals surface area contributed by atoms with Gasteiger partial charge in [0.15, 0.2) is 0 Å². The van der Waals surface area contributed by atoms with Gasteiger partial charge < -0.3 is 5.32 Å². The molecule has 0 aliphatic carbocycles. The molecule has 1 aromatic carbocycles. The molecule has 0 aliphatic heterocycles. The highest BCUT2D eigenvalue weighted by molar-refractivity contribution is 7.98. The van der Waals surface area contributed by atoms with Gasteiger partial charge in [0, 0.05) is 24.9 Å². The van der Waals surface area contributed by atoms with Crippen LogP contribution in [0.15, 0.2) is 24.3 Å². The Kier molecular flexibility index (Phi) is 8.27. The standard InChI is InChI=1S/C17H30N2S/c1-14(2)10-18-11-16-7-6-8-17(9-16)12-19(4)15(3)13-20-5/h6-9,14-15,18H,10-13H2,1-5H3. The average molecular weight is 295 g/mol. The predicted octanol–water partition coefficient (Wildman–Crippen LogP) is 3.62. The highest BCUT2D eigenvalue weighted by Crippen LogP contribution is 2.11. The van der Waals surface area contributed by atoms with Gasteiger partial charge in [-0.25, -0.2) is 0 Å². The van der Waals surface area contributed by atoms with Gasteiger partial charge in [0.1, 0.15) is 0 Å². The second-order valence-corrected chi connectivity index (χ2v) is 6.97. The summed E-state index contributed by atoms with van der Waals surface area (Å²) in [6.45, 7) is 9.85. The van der Waals surface area contributed by atoms with Crippen LogP contribution in [0.5, 0.6) is 0 Å². The number of nitrogens with zero attached hydrogens (tertiary/aromatic N) is 1. The Morgan fingerprint density at radius 3 is 2.55 bits per heavy atom. The molecule has 2 nitrogen and oxygen atoms in total. The number of nitrogens with one attached hydrogen (secondary N) is 1. The van der Waals surface area contributed by atoms with E-state index >= 15 is 0 Å². The molecule has 1 N–H and O–H groups in total. The van der Waals surface area contributed by atoms with Crippen molar-refractivity contribution in [2.24, 2.45) is 5.92 Å². The Morgan fingerprint density at radius 1 is 1.20 bits per heavy atom. The van der Waals surface area contributed by atoms with E-state index in [2.05, 4.69) is 68.6 Å². The van der Waals surface area contributed by atoms with E-state index in [4.69, 9.17) is 0 Å². The minimum atomic E-state index is 0.618. The maximum Gasteiger partial charge on any atom is 0.0233 e. The van der Waals surface area contributed by atoms with E-state index in [1.807, 2.05) is 11.8 Å². The minimum absolute atomic E-state index is 0.618. The summed E-state index contributed by atoms with van der Waals surface area (Å²) < 4.78 is 0. The van der Waals surface area contributed by atoms with Crippen molar-refractivity contribution in [1.29, 1.82) is 0 Å². The van der Waals surface area contributed by atoms with Gasteiger partial charge in [-0.15, -0.1) is 0 Å². The highest BCUT2D eigenvalue weighted by Gasteiger charge is 2.09. The lowest BCUT2D eigenvalue weighted by Gasteiger charge is -2.24. The Morgan fingerprint density at radius 2 is 1.90 bits per heavy atom. The summed E-state index contributed by atoms with van der Waals surface area (Å²) in [5.41, 5.74) is 2.79. The van der Waals surface area contributed by atoms with Crippen LogP contribution in [0.1, 0.15) is 31.9 Å². The molecule has 0 heterocycles. The quantitative estimate of drug-likeness (QED) is 0.749. The Balaban J connectivity index is 2.50. The van der Waals surface area contributed by atoms with Crippen molar-refractivity contribution < 1.29 is 0 Å². The average Bonchev–Trinajstić information content (AvgIpc) is 2.39. The summed E-state index contributed by atoms with van der Waals surface area (Å²) in [6.07, 6.45) is 2.17. The van der Waals surface area contributed by atoms with E-state index in [1.54, 1.807) is 0 Å². The van der Waals surface area contributed by atoms with Crippen LogP contribution in [0.3, 0.4) is 0 Å². The smallest absolute Gasteiger partial charge is 0.0233 e. The molecule has 3 heteroatoms. The van der Waals surface area contributed by atoms with E-state index < -0.39 is 0 Å². The molecular weight excluding hydrogens is 264 g/mol. The van der Waals surface area contributed by atoms with Crippen LogP contribution < -0.4 is 5.32 Å². The van der Waals surface area contributed by atoms with Crippen molar-refractivity contribution >= 4 is 11.8 Å². The fraction of sp³-hybridized carbons (Fsp3) is 0.647. The third kappa shape index (κ3) is 6.78. The Hall–Kier alpha value is -0.510. The first-order chi connectivity index (χ1) is 9.52. The second kappa shape index (κ2) is 9.43. The monoisotopic (exact) mass is 294 g/mol. The number of hydrogen-bond acceptors (Lipinski definition) is 3. The third-order valence-electron chi connectivity index (χ3n) is 3.47. The Bertz CT molecular complexity index is 379. The van der Waals surface area contributed by atoms with Crippen molar-refractivity contribution in [3.8, 4) is 0 Å². The van der Waals surface area contributed by atoms with Crippen molar-refractivity contribution in [2.75, 3.05) is 25.6 Å². The van der Waals surface area contributed by atoms with Crippen molar-refractivity contribution in [3.63, 3.8) is 0 Å². The van der Waals surface area contributed by atoms with E-state index in [-0.39, 0.29) is 0 Å². The molecule has 0 spiro atoms. The summed E-state index contributed by atoms with van der Waals surface area (Å²) in [5.74, 6) is 1.89. The number of hydrogen-bond donors (Lipinski definition) is 1. The van der Waals surface area contributed by atoms with Crippen molar-refractivity contribution in [3.05, 3.63) is 35.4 Å². The van der Waals surface area contributed by atoms with Crippen molar-refractivity contribution in [1.82, 2.24) is 10.2 Å². The fourth-order valence-electron chi connectivity index (χ4n) is 2.16. The SMILES string of the molecule is CSCC(C)N(C)Cc1cccc(CNCC(C)C)c1. The van der Waals surface area contributed by atoms with Gasteiger partial charge >= 0.3 is 0 Å². The normalized spacial score (nSPS) is 13.2. The third-order valence-corrected chi connectivity index (χ3v) is 4.28. The summed E-state index contributed by atoms with van der Waals surface area (Å²) in [4.78, 5) is 2.43. The van der Waals surface area contributed by atoms with Crippen LogP contribution in [0.25, 0.3) is 0 Å². The van der Waals surface area contributed by atoms with Crippen LogP contribution in [-0.2, 0) is 13.1 Å². The molecule has 0 saturated heterocycles. The van der Waals surface area contributed by atoms with E-state index in [9.17, 15) is 0 Å². The molecule has 0 radical (unpaired) electrons. The molecule has 0 amide bonds. The molecule has 0 bridgehead atoms. The van der Waals surface area contributed by atoms with Gasteiger partial charge in [0.05, 0.1) is 0 Å². The molecule has 1 aromatic rings. The molecular formula is C17H30N2S. The summed E-state index contributed by atoms with van der Waals surface area (Å²) >= 11 is 1.91. The zero-order chi connectivity index (χ0) is 15.0. The topological polar surface area (TPSA) is 15.3 Å². The zero-order valence-electron chi connectivity index (χ0n) is 13.6. The van der Waals surface area contributed by atoms with Gasteiger partial charge in [-0.3, -0.25) is 4.90 Å². The van der Waals surface area contributed by atoms with Crippen LogP contribution in [0.2, 0.25) is 0 Å². The predicted molar refractivity (Wildman–Crippen MR) is 92.3 cm³/mol. The lowest BCUT2D eigenvalue weighted by atomic mass is 10.1. The molecule has 114 valence electrons. The van der Waals surface area contributed by atoms with E-state index in [0.29, 0.717) is 12.0 Å². The van der Waals surface area contributed by atoms with Crippen LogP contribution in [0, 0.1) is 5.92 Å². The molecule has 1 rings (SSSR count). The van der Waals surface area contributed by atoms with Gasteiger partial charge in [0.2, 0.25) is 0 Å². The first kappa shape index (κ1) is 17.5. The molecule has 20 heavy (non-hydrogen) atoms. The minimum Gasteiger partial charge on any atom is -0.312 e. The first-order valence-corrected chi connectivity index (χ1v) is 8.90. The molecule has 0 fully saturated rings. The van der Waals surface area contributed by atoms with E-state index in [0.717, 1.165) is 19.6 Å². The van der Waals surface area contributed by atoms with Gasteiger partial charge in [-0.1, -0.05) is 38.1 Å². The molecule has 0 aliphatic rings. The number of rotatable bonds is 9. The van der Waals surface area contributed by atoms with Gasteiger partial charge in [0.25, 0.3) is 0 Å². The molecule has 1 atom stereocenters. The highest BCUT2D eigenvalue weighted by atomic mass is 32.2. The number of benzene rings is 1. The van der Waals surface area contributed by atoms with Crippen LogP contribution in [-0.4, -0.2) is 36.5 Å². The maximum absolute atomic E-state index is 3.51. The fourth-order valence-corrected chi connectivity index (χ4v) is 2.89. The van der Waals surface area contributed by atoms with E-state index in [1.165, 1.54) is 16.9 Å². The van der Waals surface area contributed by atoms with Crippen molar-refractivity contribution in [2.45, 2.75) is 39.9 Å².